The van der Waals surface area contributed by atoms with Gasteiger partial charge in [-0.3, -0.25) is 14.5 Å². The van der Waals surface area contributed by atoms with Crippen LogP contribution >= 0.6 is 35.3 Å². The van der Waals surface area contributed by atoms with E-state index in [1.807, 2.05) is 17.5 Å². The number of hydrogen-bond donors (Lipinski definition) is 1. The molecule has 10 heteroatoms. The van der Waals surface area contributed by atoms with Crippen LogP contribution in [-0.2, 0) is 19.4 Å². The minimum absolute atomic E-state index is 0.0462. The molecule has 1 aromatic heterocycles. The van der Waals surface area contributed by atoms with Crippen molar-refractivity contribution in [1.82, 2.24) is 10.2 Å². The zero-order chi connectivity index (χ0) is 17.3. The van der Waals surface area contributed by atoms with Crippen molar-refractivity contribution < 1.29 is 18.0 Å². The van der Waals surface area contributed by atoms with Gasteiger partial charge in [0.1, 0.15) is 10.9 Å². The first-order valence-corrected chi connectivity index (χ1v) is 11.1. The molecule has 0 aromatic carbocycles. The number of nitrogens with zero attached hydrogens (tertiary/aromatic N) is 1. The van der Waals surface area contributed by atoms with Crippen molar-refractivity contribution in [3.8, 4) is 0 Å². The van der Waals surface area contributed by atoms with Crippen molar-refractivity contribution in [1.29, 1.82) is 0 Å². The number of thioether (sulfide) groups is 1. The molecule has 0 spiro atoms. The lowest BCUT2D eigenvalue weighted by Crippen LogP contribution is -2.43. The highest BCUT2D eigenvalue weighted by molar-refractivity contribution is 8.26. The third-order valence-corrected chi connectivity index (χ3v) is 7.55. The van der Waals surface area contributed by atoms with Crippen molar-refractivity contribution in [2.75, 3.05) is 18.1 Å². The van der Waals surface area contributed by atoms with E-state index in [1.54, 1.807) is 6.08 Å². The quantitative estimate of drug-likeness (QED) is 0.603. The second-order valence-corrected chi connectivity index (χ2v) is 10.3. The van der Waals surface area contributed by atoms with Crippen LogP contribution in [0.4, 0.5) is 0 Å². The van der Waals surface area contributed by atoms with E-state index in [0.29, 0.717) is 15.6 Å². The first-order valence-electron chi connectivity index (χ1n) is 7.13. The van der Waals surface area contributed by atoms with Gasteiger partial charge in [-0.1, -0.05) is 30.0 Å². The van der Waals surface area contributed by atoms with Crippen LogP contribution in [0, 0.1) is 0 Å². The molecule has 1 atom stereocenters. The molecule has 2 saturated heterocycles. The van der Waals surface area contributed by atoms with Crippen LogP contribution < -0.4 is 5.32 Å². The van der Waals surface area contributed by atoms with Crippen molar-refractivity contribution >= 4 is 67.4 Å². The Bertz CT molecular complexity index is 814. The van der Waals surface area contributed by atoms with Crippen LogP contribution in [0.3, 0.4) is 0 Å². The largest absolute Gasteiger partial charge is 0.351 e. The summed E-state index contributed by atoms with van der Waals surface area (Å²) in [5.74, 6) is -0.656. The lowest BCUT2D eigenvalue weighted by Gasteiger charge is -2.16. The number of carbonyl (C=O) groups excluding carboxylic acids is 2. The molecule has 3 rings (SSSR count). The van der Waals surface area contributed by atoms with Gasteiger partial charge in [-0.15, -0.1) is 11.3 Å². The first kappa shape index (κ1) is 17.6. The Kier molecular flexibility index (Phi) is 5.09. The summed E-state index contributed by atoms with van der Waals surface area (Å²) in [4.78, 5) is 27.2. The summed E-state index contributed by atoms with van der Waals surface area (Å²) in [6.45, 7) is -0.191. The number of thiophene rings is 1. The van der Waals surface area contributed by atoms with E-state index >= 15 is 0 Å². The molecule has 2 fully saturated rings. The maximum Gasteiger partial charge on any atom is 0.266 e. The fourth-order valence-corrected chi connectivity index (χ4v) is 6.12. The van der Waals surface area contributed by atoms with Gasteiger partial charge in [0.15, 0.2) is 9.84 Å². The monoisotopic (exact) mass is 402 g/mol. The van der Waals surface area contributed by atoms with Crippen molar-refractivity contribution in [2.45, 2.75) is 12.5 Å². The van der Waals surface area contributed by atoms with Crippen LogP contribution in [0.2, 0.25) is 0 Å². The number of hydrogen-bond acceptors (Lipinski definition) is 7. The number of thiocarbonyl (C=S) groups is 1. The first-order chi connectivity index (χ1) is 11.3. The van der Waals surface area contributed by atoms with Gasteiger partial charge in [0.05, 0.1) is 16.4 Å². The molecule has 0 bridgehead atoms. The van der Waals surface area contributed by atoms with Gasteiger partial charge < -0.3 is 5.32 Å². The summed E-state index contributed by atoms with van der Waals surface area (Å²) in [5, 5.41) is 4.58. The van der Waals surface area contributed by atoms with E-state index in [4.69, 9.17) is 12.2 Å². The molecule has 2 amide bonds. The highest BCUT2D eigenvalue weighted by Crippen LogP contribution is 2.33. The van der Waals surface area contributed by atoms with Crippen molar-refractivity contribution in [3.63, 3.8) is 0 Å². The topological polar surface area (TPSA) is 83.6 Å². The molecule has 3 heterocycles. The highest BCUT2D eigenvalue weighted by Gasteiger charge is 2.35. The van der Waals surface area contributed by atoms with Crippen molar-refractivity contribution in [3.05, 3.63) is 27.3 Å². The molecule has 1 N–H and O–H groups in total. The molecular weight excluding hydrogens is 388 g/mol. The van der Waals surface area contributed by atoms with E-state index in [0.717, 1.165) is 16.6 Å². The van der Waals surface area contributed by atoms with Gasteiger partial charge in [-0.05, 0) is 23.9 Å². The van der Waals surface area contributed by atoms with Crippen molar-refractivity contribution in [2.24, 2.45) is 0 Å². The standard InChI is InChI=1S/C14H14N2O4S4/c17-12(15-9-3-5-24(19,20)8-9)7-16-13(18)11(23-14(16)21)6-10-2-1-4-22-10/h1-2,4,6,9H,3,5,7-8H2,(H,15,17)/b11-6+/t9-/m0/s1. The number of carbonyl (C=O) groups is 2. The predicted octanol–water partition coefficient (Wildman–Crippen LogP) is 1.25. The lowest BCUT2D eigenvalue weighted by atomic mass is 10.2. The third kappa shape index (κ3) is 4.05. The molecular formula is C14H14N2O4S4. The minimum Gasteiger partial charge on any atom is -0.351 e. The van der Waals surface area contributed by atoms with Gasteiger partial charge in [0.25, 0.3) is 5.91 Å². The predicted molar refractivity (Wildman–Crippen MR) is 99.4 cm³/mol. The highest BCUT2D eigenvalue weighted by atomic mass is 32.2. The number of nitrogens with one attached hydrogen (secondary N) is 1. The zero-order valence-corrected chi connectivity index (χ0v) is 15.7. The molecule has 0 radical (unpaired) electrons. The molecule has 1 aromatic rings. The minimum atomic E-state index is -3.06. The van der Waals surface area contributed by atoms with E-state index in [9.17, 15) is 18.0 Å². The second kappa shape index (κ2) is 6.95. The van der Waals surface area contributed by atoms with Crippen LogP contribution in [0.5, 0.6) is 0 Å². The average Bonchev–Trinajstić information content (AvgIpc) is 3.17. The summed E-state index contributed by atoms with van der Waals surface area (Å²) in [6.07, 6.45) is 2.16. The average molecular weight is 403 g/mol. The summed E-state index contributed by atoms with van der Waals surface area (Å²) in [5.41, 5.74) is 0. The summed E-state index contributed by atoms with van der Waals surface area (Å²) < 4.78 is 23.2. The van der Waals surface area contributed by atoms with Gasteiger partial charge in [-0.25, -0.2) is 8.42 Å². The molecule has 2 aliphatic heterocycles. The Morgan fingerprint density at radius 3 is 2.92 bits per heavy atom. The van der Waals surface area contributed by atoms with E-state index in [1.165, 1.54) is 16.2 Å². The Morgan fingerprint density at radius 1 is 1.50 bits per heavy atom. The van der Waals surface area contributed by atoms with Crippen LogP contribution in [0.1, 0.15) is 11.3 Å². The third-order valence-electron chi connectivity index (χ3n) is 3.59. The van der Waals surface area contributed by atoms with Gasteiger partial charge in [0, 0.05) is 10.9 Å². The molecule has 0 saturated carbocycles. The normalized spacial score (nSPS) is 24.8. The smallest absolute Gasteiger partial charge is 0.266 e. The van der Waals surface area contributed by atoms with Crippen LogP contribution in [0.15, 0.2) is 22.4 Å². The number of amides is 2. The van der Waals surface area contributed by atoms with Gasteiger partial charge >= 0.3 is 0 Å². The molecule has 128 valence electrons. The summed E-state index contributed by atoms with van der Waals surface area (Å²) in [7, 11) is -3.06. The van der Waals surface area contributed by atoms with Crippen LogP contribution in [0.25, 0.3) is 6.08 Å². The lowest BCUT2D eigenvalue weighted by molar-refractivity contribution is -0.129. The Balaban J connectivity index is 1.62. The second-order valence-electron chi connectivity index (χ2n) is 5.45. The van der Waals surface area contributed by atoms with E-state index in [-0.39, 0.29) is 30.0 Å². The molecule has 2 aliphatic rings. The number of rotatable bonds is 4. The SMILES string of the molecule is O=C(CN1C(=O)/C(=C\c2cccs2)SC1=S)N[C@H]1CCS(=O)(=O)C1. The Hall–Kier alpha value is -1.23. The Labute approximate surface area is 153 Å². The maximum absolute atomic E-state index is 12.4. The van der Waals surface area contributed by atoms with Gasteiger partial charge in [0.2, 0.25) is 5.91 Å². The molecule has 6 nitrogen and oxygen atoms in total. The van der Waals surface area contributed by atoms with Crippen LogP contribution in [-0.4, -0.2) is 53.5 Å². The maximum atomic E-state index is 12.4. The van der Waals surface area contributed by atoms with Gasteiger partial charge in [-0.2, -0.15) is 0 Å². The molecule has 0 unspecified atom stereocenters. The van der Waals surface area contributed by atoms with E-state index < -0.39 is 15.7 Å². The molecule has 0 aliphatic carbocycles. The molecule has 24 heavy (non-hydrogen) atoms. The fourth-order valence-electron chi connectivity index (χ4n) is 2.46. The number of sulfone groups is 1. The zero-order valence-electron chi connectivity index (χ0n) is 12.4. The Morgan fingerprint density at radius 2 is 2.29 bits per heavy atom. The summed E-state index contributed by atoms with van der Waals surface area (Å²) in [6, 6.07) is 3.40. The summed E-state index contributed by atoms with van der Waals surface area (Å²) >= 11 is 7.86. The fraction of sp³-hybridized carbons (Fsp3) is 0.357. The van der Waals surface area contributed by atoms with E-state index in [2.05, 4.69) is 5.32 Å².